The van der Waals surface area contributed by atoms with Crippen LogP contribution in [0.3, 0.4) is 0 Å². The third kappa shape index (κ3) is 3.96. The van der Waals surface area contributed by atoms with Crippen molar-refractivity contribution in [1.29, 1.82) is 0 Å². The Morgan fingerprint density at radius 3 is 2.33 bits per heavy atom. The zero-order chi connectivity index (χ0) is 10.8. The highest BCUT2D eigenvalue weighted by molar-refractivity contribution is 9.10. The minimum Gasteiger partial charge on any atom is -0.305 e. The van der Waals surface area contributed by atoms with Crippen molar-refractivity contribution in [2.75, 3.05) is 7.05 Å². The molecule has 1 aromatic rings. The van der Waals surface area contributed by atoms with E-state index in [2.05, 4.69) is 26.2 Å². The van der Waals surface area contributed by atoms with Gasteiger partial charge in [0.15, 0.2) is 0 Å². The zero-order valence-corrected chi connectivity index (χ0v) is 10.1. The van der Waals surface area contributed by atoms with Crippen LogP contribution in [0.1, 0.15) is 11.6 Å². The van der Waals surface area contributed by atoms with Gasteiger partial charge < -0.3 is 5.32 Å². The molecule has 1 rings (SSSR count). The summed E-state index contributed by atoms with van der Waals surface area (Å²) >= 11 is 3.05. The van der Waals surface area contributed by atoms with Gasteiger partial charge in [-0.2, -0.15) is 13.2 Å². The lowest BCUT2D eigenvalue weighted by Gasteiger charge is -2.19. The van der Waals surface area contributed by atoms with Gasteiger partial charge in [0, 0.05) is 6.20 Å². The Kier molecular flexibility index (Phi) is 5.55. The van der Waals surface area contributed by atoms with Crippen molar-refractivity contribution in [2.45, 2.75) is 12.2 Å². The molecule has 15 heavy (non-hydrogen) atoms. The normalized spacial score (nSPS) is 13.1. The molecule has 2 nitrogen and oxygen atoms in total. The standard InChI is InChI=1S/C8H8BrF3N2.ClH/c1-13-7(8(10,11)12)5-2-3-6(9)14-4-5;/h2-4,7,13H,1H3;1H/t7-;/m0./s1. The number of hydrogen-bond donors (Lipinski definition) is 1. The summed E-state index contributed by atoms with van der Waals surface area (Å²) in [5, 5.41) is 2.20. The van der Waals surface area contributed by atoms with E-state index in [1.165, 1.54) is 25.4 Å². The lowest BCUT2D eigenvalue weighted by atomic mass is 10.1. The van der Waals surface area contributed by atoms with Gasteiger partial charge in [0.1, 0.15) is 10.6 Å². The Morgan fingerprint density at radius 2 is 2.00 bits per heavy atom. The number of rotatable bonds is 2. The van der Waals surface area contributed by atoms with Gasteiger partial charge in [0.2, 0.25) is 0 Å². The molecule has 0 aliphatic heterocycles. The predicted octanol–water partition coefficient (Wildman–Crippen LogP) is 3.09. The van der Waals surface area contributed by atoms with Gasteiger partial charge in [-0.05, 0) is 34.6 Å². The molecule has 1 aromatic heterocycles. The number of alkyl halides is 3. The van der Waals surface area contributed by atoms with Gasteiger partial charge >= 0.3 is 6.18 Å². The maximum Gasteiger partial charge on any atom is 0.407 e. The van der Waals surface area contributed by atoms with E-state index >= 15 is 0 Å². The predicted molar refractivity (Wildman–Crippen MR) is 57.0 cm³/mol. The van der Waals surface area contributed by atoms with Gasteiger partial charge in [-0.1, -0.05) is 6.07 Å². The highest BCUT2D eigenvalue weighted by Gasteiger charge is 2.39. The summed E-state index contributed by atoms with van der Waals surface area (Å²) in [5.41, 5.74) is 0.100. The Morgan fingerprint density at radius 1 is 1.40 bits per heavy atom. The average molecular weight is 306 g/mol. The molecule has 0 unspecified atom stereocenters. The van der Waals surface area contributed by atoms with Crippen molar-refractivity contribution in [3.8, 4) is 0 Å². The van der Waals surface area contributed by atoms with E-state index in [4.69, 9.17) is 0 Å². The fraction of sp³-hybridized carbons (Fsp3) is 0.375. The molecule has 0 saturated carbocycles. The van der Waals surface area contributed by atoms with Crippen LogP contribution in [0.4, 0.5) is 13.2 Å². The van der Waals surface area contributed by atoms with Crippen LogP contribution in [-0.4, -0.2) is 18.2 Å². The summed E-state index contributed by atoms with van der Waals surface area (Å²) < 4.78 is 37.7. The first-order valence-electron chi connectivity index (χ1n) is 3.80. The first kappa shape index (κ1) is 14.7. The second-order valence-electron chi connectivity index (χ2n) is 2.68. The second kappa shape index (κ2) is 5.67. The average Bonchev–Trinajstić information content (AvgIpc) is 2.07. The molecule has 1 heterocycles. The number of nitrogens with zero attached hydrogens (tertiary/aromatic N) is 1. The molecule has 0 amide bonds. The lowest BCUT2D eigenvalue weighted by Crippen LogP contribution is -2.31. The monoisotopic (exact) mass is 304 g/mol. The molecule has 1 N–H and O–H groups in total. The molecular weight excluding hydrogens is 296 g/mol. The summed E-state index contributed by atoms with van der Waals surface area (Å²) in [5.74, 6) is 0. The third-order valence-corrected chi connectivity index (χ3v) is 2.17. The van der Waals surface area contributed by atoms with E-state index in [9.17, 15) is 13.2 Å². The Hall–Kier alpha value is -0.330. The molecule has 0 fully saturated rings. The van der Waals surface area contributed by atoms with Crippen molar-refractivity contribution in [1.82, 2.24) is 10.3 Å². The first-order valence-corrected chi connectivity index (χ1v) is 4.60. The van der Waals surface area contributed by atoms with E-state index in [0.29, 0.717) is 4.60 Å². The van der Waals surface area contributed by atoms with Crippen LogP contribution >= 0.6 is 28.3 Å². The molecule has 1 atom stereocenters. The quantitative estimate of drug-likeness (QED) is 0.849. The van der Waals surface area contributed by atoms with Crippen molar-refractivity contribution in [2.24, 2.45) is 0 Å². The van der Waals surface area contributed by atoms with Crippen LogP contribution in [-0.2, 0) is 0 Å². The summed E-state index contributed by atoms with van der Waals surface area (Å²) in [4.78, 5) is 3.74. The molecule has 0 radical (unpaired) electrons. The van der Waals surface area contributed by atoms with E-state index in [1.54, 1.807) is 0 Å². The van der Waals surface area contributed by atoms with Crippen LogP contribution in [0.5, 0.6) is 0 Å². The van der Waals surface area contributed by atoms with Crippen LogP contribution < -0.4 is 5.32 Å². The van der Waals surface area contributed by atoms with Gasteiger partial charge in [-0.3, -0.25) is 0 Å². The van der Waals surface area contributed by atoms with Crippen LogP contribution in [0, 0.1) is 0 Å². The Bertz CT molecular complexity index is 302. The van der Waals surface area contributed by atoms with Gasteiger partial charge in [-0.25, -0.2) is 4.98 Å². The summed E-state index contributed by atoms with van der Waals surface area (Å²) in [6.07, 6.45) is -3.11. The minimum absolute atomic E-state index is 0. The molecule has 0 bridgehead atoms. The zero-order valence-electron chi connectivity index (χ0n) is 7.68. The molecule has 0 aliphatic rings. The highest BCUT2D eigenvalue weighted by Crippen LogP contribution is 2.31. The number of nitrogens with one attached hydrogen (secondary N) is 1. The van der Waals surface area contributed by atoms with E-state index in [1.807, 2.05) is 0 Å². The molecule has 86 valence electrons. The summed E-state index contributed by atoms with van der Waals surface area (Å²) in [6.45, 7) is 0. The maximum absolute atomic E-state index is 12.4. The molecular formula is C8H9BrClF3N2. The molecule has 0 spiro atoms. The Labute approximate surface area is 99.8 Å². The van der Waals surface area contributed by atoms with Gasteiger partial charge in [-0.15, -0.1) is 12.4 Å². The minimum atomic E-state index is -4.30. The summed E-state index contributed by atoms with van der Waals surface area (Å²) in [6, 6.07) is 1.19. The summed E-state index contributed by atoms with van der Waals surface area (Å²) in [7, 11) is 1.26. The maximum atomic E-state index is 12.4. The third-order valence-electron chi connectivity index (χ3n) is 1.70. The number of aromatic nitrogens is 1. The van der Waals surface area contributed by atoms with Crippen molar-refractivity contribution in [3.63, 3.8) is 0 Å². The molecule has 0 aromatic carbocycles. The van der Waals surface area contributed by atoms with Crippen molar-refractivity contribution < 1.29 is 13.2 Å². The fourth-order valence-corrected chi connectivity index (χ4v) is 1.31. The smallest absolute Gasteiger partial charge is 0.305 e. The number of halogens is 5. The van der Waals surface area contributed by atoms with Crippen LogP contribution in [0.2, 0.25) is 0 Å². The molecule has 7 heteroatoms. The molecule has 0 aliphatic carbocycles. The van der Waals surface area contributed by atoms with Crippen molar-refractivity contribution >= 4 is 28.3 Å². The van der Waals surface area contributed by atoms with Crippen LogP contribution in [0.25, 0.3) is 0 Å². The lowest BCUT2D eigenvalue weighted by molar-refractivity contribution is -0.156. The van der Waals surface area contributed by atoms with E-state index < -0.39 is 12.2 Å². The first-order chi connectivity index (χ1) is 6.45. The number of pyridine rings is 1. The van der Waals surface area contributed by atoms with Crippen LogP contribution in [0.15, 0.2) is 22.9 Å². The second-order valence-corrected chi connectivity index (χ2v) is 3.49. The Balaban J connectivity index is 0.00000196. The fourth-order valence-electron chi connectivity index (χ4n) is 1.08. The highest BCUT2D eigenvalue weighted by atomic mass is 79.9. The largest absolute Gasteiger partial charge is 0.407 e. The van der Waals surface area contributed by atoms with Crippen molar-refractivity contribution in [3.05, 3.63) is 28.5 Å². The topological polar surface area (TPSA) is 24.9 Å². The van der Waals surface area contributed by atoms with E-state index in [-0.39, 0.29) is 18.0 Å². The molecule has 0 saturated heterocycles. The van der Waals surface area contributed by atoms with E-state index in [0.717, 1.165) is 0 Å². The number of hydrogen-bond acceptors (Lipinski definition) is 2. The SMILES string of the molecule is CN[C@@H](c1ccc(Br)nc1)C(F)(F)F.Cl. The van der Waals surface area contributed by atoms with Gasteiger partial charge in [0.25, 0.3) is 0 Å². The van der Waals surface area contributed by atoms with Gasteiger partial charge in [0.05, 0.1) is 0 Å².